The van der Waals surface area contributed by atoms with E-state index in [2.05, 4.69) is 13.0 Å². The van der Waals surface area contributed by atoms with Gasteiger partial charge in [-0.2, -0.15) is 0 Å². The van der Waals surface area contributed by atoms with Gasteiger partial charge in [0.2, 0.25) is 0 Å². The van der Waals surface area contributed by atoms with Crippen LogP contribution in [0.25, 0.3) is 0 Å². The van der Waals surface area contributed by atoms with Crippen LogP contribution in [0.3, 0.4) is 0 Å². The second-order valence-corrected chi connectivity index (χ2v) is 4.42. The molecule has 0 radical (unpaired) electrons. The lowest BCUT2D eigenvalue weighted by atomic mass is 10.00. The fraction of sp³-hybridized carbons (Fsp3) is 0.545. The van der Waals surface area contributed by atoms with Gasteiger partial charge in [-0.25, -0.2) is 0 Å². The second kappa shape index (κ2) is 2.06. The number of amides is 1. The van der Waals surface area contributed by atoms with Crippen LogP contribution in [-0.4, -0.2) is 24.4 Å². The van der Waals surface area contributed by atoms with Gasteiger partial charge in [-0.05, 0) is 23.3 Å². The monoisotopic (exact) mass is 175 g/mol. The Kier molecular flexibility index (Phi) is 1.17. The number of hydrogen-bond donors (Lipinski definition) is 0. The number of carbonyl (C=O) groups is 1. The van der Waals surface area contributed by atoms with Crippen LogP contribution in [0.2, 0.25) is 0 Å². The highest BCUT2D eigenvalue weighted by atomic mass is 16.2. The molecule has 0 saturated heterocycles. The maximum Gasteiger partial charge on any atom is 0.253 e. The quantitative estimate of drug-likeness (QED) is 0.542. The van der Waals surface area contributed by atoms with Gasteiger partial charge in [0.1, 0.15) is 0 Å². The van der Waals surface area contributed by atoms with E-state index in [4.69, 9.17) is 0 Å². The zero-order valence-corrected chi connectivity index (χ0v) is 7.95. The predicted molar refractivity (Wildman–Crippen MR) is 49.9 cm³/mol. The Hall–Kier alpha value is -1.05. The van der Waals surface area contributed by atoms with Crippen molar-refractivity contribution in [2.75, 3.05) is 13.6 Å². The highest BCUT2D eigenvalue weighted by Gasteiger charge is 2.51. The summed E-state index contributed by atoms with van der Waals surface area (Å²) in [6, 6.07) is 0. The Morgan fingerprint density at radius 2 is 2.31 bits per heavy atom. The van der Waals surface area contributed by atoms with E-state index >= 15 is 0 Å². The molecule has 2 aliphatic carbocycles. The lowest BCUT2D eigenvalue weighted by Gasteiger charge is -2.07. The molecule has 1 saturated carbocycles. The van der Waals surface area contributed by atoms with Gasteiger partial charge in [0.15, 0.2) is 0 Å². The van der Waals surface area contributed by atoms with Gasteiger partial charge < -0.3 is 4.90 Å². The van der Waals surface area contributed by atoms with Crippen molar-refractivity contribution in [1.29, 1.82) is 0 Å². The summed E-state index contributed by atoms with van der Waals surface area (Å²) >= 11 is 0. The summed E-state index contributed by atoms with van der Waals surface area (Å²) in [5.41, 5.74) is 2.38. The summed E-state index contributed by atoms with van der Waals surface area (Å²) in [5, 5.41) is 0. The average molecular weight is 175 g/mol. The number of carbonyl (C=O) groups excluding carboxylic acids is 1. The topological polar surface area (TPSA) is 20.3 Å². The van der Waals surface area contributed by atoms with Gasteiger partial charge in [-0.15, -0.1) is 0 Å². The van der Waals surface area contributed by atoms with Crippen LogP contribution in [0.4, 0.5) is 0 Å². The van der Waals surface area contributed by atoms with Crippen LogP contribution in [0.15, 0.2) is 23.3 Å². The zero-order valence-electron chi connectivity index (χ0n) is 7.95. The van der Waals surface area contributed by atoms with E-state index in [1.807, 2.05) is 18.0 Å². The third-order valence-electron chi connectivity index (χ3n) is 3.67. The number of allylic oxidation sites excluding steroid dienone is 1. The van der Waals surface area contributed by atoms with Gasteiger partial charge in [-0.3, -0.25) is 4.79 Å². The molecule has 0 aromatic heterocycles. The van der Waals surface area contributed by atoms with E-state index < -0.39 is 0 Å². The lowest BCUT2D eigenvalue weighted by molar-refractivity contribution is -0.124. The third-order valence-corrected chi connectivity index (χ3v) is 3.67. The first-order valence-corrected chi connectivity index (χ1v) is 4.87. The van der Waals surface area contributed by atoms with E-state index in [0.29, 0.717) is 5.92 Å². The summed E-state index contributed by atoms with van der Waals surface area (Å²) in [6.07, 6.45) is 4.25. The minimum absolute atomic E-state index is 0.212. The zero-order chi connectivity index (χ0) is 9.16. The second-order valence-electron chi connectivity index (χ2n) is 4.42. The molecular formula is C11H13NO. The molecule has 1 aliphatic heterocycles. The molecular weight excluding hydrogens is 162 g/mol. The van der Waals surface area contributed by atoms with Gasteiger partial charge in [0.25, 0.3) is 5.91 Å². The average Bonchev–Trinajstić information content (AvgIpc) is 2.68. The lowest BCUT2D eigenvalue weighted by Crippen LogP contribution is -2.21. The molecule has 0 spiro atoms. The molecule has 3 aliphatic rings. The molecule has 68 valence electrons. The molecule has 13 heavy (non-hydrogen) atoms. The van der Waals surface area contributed by atoms with Crippen LogP contribution in [-0.2, 0) is 4.79 Å². The Bertz CT molecular complexity index is 353. The minimum atomic E-state index is 0.212. The summed E-state index contributed by atoms with van der Waals surface area (Å²) in [5.74, 6) is 2.40. The molecule has 0 aromatic rings. The summed E-state index contributed by atoms with van der Waals surface area (Å²) < 4.78 is 0. The van der Waals surface area contributed by atoms with Crippen molar-refractivity contribution < 1.29 is 4.79 Å². The molecule has 3 atom stereocenters. The van der Waals surface area contributed by atoms with Gasteiger partial charge in [0.05, 0.1) is 0 Å². The van der Waals surface area contributed by atoms with Gasteiger partial charge in [-0.1, -0.05) is 19.1 Å². The van der Waals surface area contributed by atoms with Crippen LogP contribution in [0.1, 0.15) is 6.92 Å². The van der Waals surface area contributed by atoms with Crippen molar-refractivity contribution in [2.45, 2.75) is 6.92 Å². The van der Waals surface area contributed by atoms with Crippen molar-refractivity contribution in [3.63, 3.8) is 0 Å². The number of fused-ring (bicyclic) bond motifs is 2. The Labute approximate surface area is 77.9 Å². The molecule has 2 heteroatoms. The Morgan fingerprint density at radius 1 is 1.54 bits per heavy atom. The minimum Gasteiger partial charge on any atom is -0.338 e. The summed E-state index contributed by atoms with van der Waals surface area (Å²) in [4.78, 5) is 13.4. The van der Waals surface area contributed by atoms with Crippen molar-refractivity contribution in [1.82, 2.24) is 4.90 Å². The SMILES string of the molecule is CC1C2C=CC3=C(CN(C)C3=O)C12. The molecule has 1 heterocycles. The molecule has 3 unspecified atom stereocenters. The van der Waals surface area contributed by atoms with E-state index in [1.165, 1.54) is 5.57 Å². The molecule has 1 amide bonds. The van der Waals surface area contributed by atoms with Crippen molar-refractivity contribution in [3.05, 3.63) is 23.3 Å². The van der Waals surface area contributed by atoms with Crippen LogP contribution < -0.4 is 0 Å². The number of rotatable bonds is 0. The standard InChI is InChI=1S/C11H13NO/c1-6-7-3-4-8-9(10(6)7)5-12(2)11(8)13/h3-4,6-7,10H,5H2,1-2H3. The van der Waals surface area contributed by atoms with E-state index in [9.17, 15) is 4.79 Å². The summed E-state index contributed by atoms with van der Waals surface area (Å²) in [7, 11) is 1.89. The first-order valence-electron chi connectivity index (χ1n) is 4.87. The first kappa shape index (κ1) is 7.36. The molecule has 0 aromatic carbocycles. The van der Waals surface area contributed by atoms with Crippen molar-refractivity contribution >= 4 is 5.91 Å². The molecule has 0 bridgehead atoms. The van der Waals surface area contributed by atoms with Crippen LogP contribution in [0, 0.1) is 17.8 Å². The molecule has 0 N–H and O–H groups in total. The number of nitrogens with zero attached hydrogens (tertiary/aromatic N) is 1. The van der Waals surface area contributed by atoms with E-state index in [-0.39, 0.29) is 5.91 Å². The van der Waals surface area contributed by atoms with E-state index in [0.717, 1.165) is 24.0 Å². The highest BCUT2D eigenvalue weighted by molar-refractivity contribution is 6.00. The van der Waals surface area contributed by atoms with E-state index in [1.54, 1.807) is 0 Å². The van der Waals surface area contributed by atoms with Crippen LogP contribution >= 0.6 is 0 Å². The Morgan fingerprint density at radius 3 is 3.08 bits per heavy atom. The fourth-order valence-corrected chi connectivity index (χ4v) is 2.76. The largest absolute Gasteiger partial charge is 0.338 e. The first-order chi connectivity index (χ1) is 6.20. The smallest absolute Gasteiger partial charge is 0.253 e. The summed E-state index contributed by atoms with van der Waals surface area (Å²) in [6.45, 7) is 3.14. The van der Waals surface area contributed by atoms with Gasteiger partial charge >= 0.3 is 0 Å². The molecule has 3 rings (SSSR count). The predicted octanol–water partition coefficient (Wildman–Crippen LogP) is 1.21. The number of hydrogen-bond acceptors (Lipinski definition) is 1. The van der Waals surface area contributed by atoms with Crippen molar-refractivity contribution in [2.24, 2.45) is 17.8 Å². The van der Waals surface area contributed by atoms with Crippen molar-refractivity contribution in [3.8, 4) is 0 Å². The Balaban J connectivity index is 2.04. The highest BCUT2D eigenvalue weighted by Crippen LogP contribution is 2.55. The molecule has 1 fully saturated rings. The number of likely N-dealkylation sites (N-methyl/N-ethyl adjacent to an activating group) is 1. The maximum absolute atomic E-state index is 11.6. The fourth-order valence-electron chi connectivity index (χ4n) is 2.76. The van der Waals surface area contributed by atoms with Gasteiger partial charge in [0, 0.05) is 19.2 Å². The third kappa shape index (κ3) is 0.761. The molecule has 2 nitrogen and oxygen atoms in total. The normalized spacial score (nSPS) is 40.9. The maximum atomic E-state index is 11.6. The van der Waals surface area contributed by atoms with Crippen LogP contribution in [0.5, 0.6) is 0 Å².